The first-order chi connectivity index (χ1) is 10.3. The molecule has 1 amide bonds. The van der Waals surface area contributed by atoms with E-state index in [1.165, 1.54) is 0 Å². The maximum absolute atomic E-state index is 12.5. The van der Waals surface area contributed by atoms with Crippen molar-refractivity contribution in [1.29, 1.82) is 0 Å². The number of halogens is 1. The Kier molecular flexibility index (Phi) is 5.01. The van der Waals surface area contributed by atoms with Crippen LogP contribution in [0.15, 0.2) is 33.3 Å². The van der Waals surface area contributed by atoms with Gasteiger partial charge in [0.1, 0.15) is 0 Å². The van der Waals surface area contributed by atoms with Crippen LogP contribution in [0.1, 0.15) is 50.9 Å². The van der Waals surface area contributed by atoms with Crippen LogP contribution in [0.4, 0.5) is 0 Å². The molecule has 0 saturated carbocycles. The third kappa shape index (κ3) is 3.74. The normalized spacial score (nSPS) is 13.0. The van der Waals surface area contributed by atoms with Gasteiger partial charge < -0.3 is 9.84 Å². The van der Waals surface area contributed by atoms with Crippen molar-refractivity contribution < 1.29 is 9.32 Å². The van der Waals surface area contributed by atoms with Gasteiger partial charge in [-0.1, -0.05) is 40.1 Å². The van der Waals surface area contributed by atoms with Gasteiger partial charge in [0.15, 0.2) is 5.82 Å². The lowest BCUT2D eigenvalue weighted by molar-refractivity contribution is -0.124. The lowest BCUT2D eigenvalue weighted by Gasteiger charge is -2.24. The highest BCUT2D eigenvalue weighted by atomic mass is 79.9. The summed E-state index contributed by atoms with van der Waals surface area (Å²) in [6.07, 6.45) is 0.673. The van der Waals surface area contributed by atoms with Crippen molar-refractivity contribution in [3.05, 3.63) is 46.0 Å². The molecule has 0 spiro atoms. The Balaban J connectivity index is 2.10. The minimum absolute atomic E-state index is 0.0739. The highest BCUT2D eigenvalue weighted by Crippen LogP contribution is 2.22. The lowest BCUT2D eigenvalue weighted by atomic mass is 9.97. The number of carbonyl (C=O) groups is 1. The quantitative estimate of drug-likeness (QED) is 0.879. The molecule has 1 unspecified atom stereocenters. The van der Waals surface area contributed by atoms with Gasteiger partial charge in [-0.3, -0.25) is 4.79 Å². The van der Waals surface area contributed by atoms with Crippen LogP contribution in [0, 0.1) is 0 Å². The highest BCUT2D eigenvalue weighted by Gasteiger charge is 2.30. The molecule has 1 aromatic heterocycles. The van der Waals surface area contributed by atoms with Gasteiger partial charge in [-0.05, 0) is 38.5 Å². The van der Waals surface area contributed by atoms with Crippen LogP contribution in [0.25, 0.3) is 0 Å². The summed E-state index contributed by atoms with van der Waals surface area (Å²) in [7, 11) is 0. The molecule has 118 valence electrons. The molecule has 0 radical (unpaired) electrons. The van der Waals surface area contributed by atoms with Crippen molar-refractivity contribution in [2.75, 3.05) is 0 Å². The van der Waals surface area contributed by atoms with Crippen LogP contribution < -0.4 is 5.32 Å². The van der Waals surface area contributed by atoms with Crippen LogP contribution in [-0.2, 0) is 16.8 Å². The predicted molar refractivity (Wildman–Crippen MR) is 87.4 cm³/mol. The fraction of sp³-hybridized carbons (Fsp3) is 0.438. The van der Waals surface area contributed by atoms with E-state index in [9.17, 15) is 4.79 Å². The molecule has 1 N–H and O–H groups in total. The van der Waals surface area contributed by atoms with Crippen LogP contribution in [-0.4, -0.2) is 16.0 Å². The number of aromatic nitrogens is 2. The van der Waals surface area contributed by atoms with Gasteiger partial charge in [0, 0.05) is 10.9 Å². The zero-order chi connectivity index (χ0) is 16.3. The summed E-state index contributed by atoms with van der Waals surface area (Å²) < 4.78 is 6.11. The molecule has 1 aromatic carbocycles. The minimum atomic E-state index is -0.683. The molecule has 0 aliphatic carbocycles. The number of aryl methyl sites for hydroxylation is 1. The molecule has 0 aliphatic rings. The molecule has 0 aliphatic heterocycles. The van der Waals surface area contributed by atoms with Crippen molar-refractivity contribution in [1.82, 2.24) is 15.5 Å². The van der Waals surface area contributed by atoms with Gasteiger partial charge in [-0.2, -0.15) is 4.98 Å². The van der Waals surface area contributed by atoms with Gasteiger partial charge in [0.2, 0.25) is 11.8 Å². The van der Waals surface area contributed by atoms with Gasteiger partial charge in [-0.25, -0.2) is 0 Å². The van der Waals surface area contributed by atoms with E-state index < -0.39 is 5.54 Å². The number of hydrogen-bond donors (Lipinski definition) is 1. The second-order valence-corrected chi connectivity index (χ2v) is 6.67. The smallest absolute Gasteiger partial charge is 0.228 e. The molecule has 0 fully saturated rings. The molecule has 2 aromatic rings. The fourth-order valence-electron chi connectivity index (χ4n) is 2.03. The van der Waals surface area contributed by atoms with Gasteiger partial charge in [0.25, 0.3) is 0 Å². The highest BCUT2D eigenvalue weighted by molar-refractivity contribution is 9.10. The summed E-state index contributed by atoms with van der Waals surface area (Å²) >= 11 is 3.39. The van der Waals surface area contributed by atoms with Crippen molar-refractivity contribution in [2.45, 2.75) is 45.6 Å². The monoisotopic (exact) mass is 365 g/mol. The third-order valence-electron chi connectivity index (χ3n) is 3.53. The number of carbonyl (C=O) groups excluding carboxylic acids is 1. The van der Waals surface area contributed by atoms with E-state index in [-0.39, 0.29) is 11.8 Å². The van der Waals surface area contributed by atoms with Gasteiger partial charge in [-0.15, -0.1) is 0 Å². The topological polar surface area (TPSA) is 68.0 Å². The second kappa shape index (κ2) is 6.60. The summed E-state index contributed by atoms with van der Waals surface area (Å²) in [5.74, 6) is 0.721. The number of hydrogen-bond acceptors (Lipinski definition) is 4. The largest absolute Gasteiger partial charge is 0.343 e. The Morgan fingerprint density at radius 3 is 2.55 bits per heavy atom. The molecular formula is C16H20BrN3O2. The van der Waals surface area contributed by atoms with E-state index in [0.29, 0.717) is 18.1 Å². The van der Waals surface area contributed by atoms with Crippen LogP contribution in [0.5, 0.6) is 0 Å². The van der Waals surface area contributed by atoms with Crippen molar-refractivity contribution in [3.63, 3.8) is 0 Å². The average Bonchev–Trinajstić information content (AvgIpc) is 2.96. The number of benzene rings is 1. The van der Waals surface area contributed by atoms with E-state index in [0.717, 1.165) is 10.0 Å². The van der Waals surface area contributed by atoms with E-state index in [1.807, 2.05) is 52.0 Å². The first kappa shape index (κ1) is 16.7. The summed E-state index contributed by atoms with van der Waals surface area (Å²) in [4.78, 5) is 16.8. The maximum Gasteiger partial charge on any atom is 0.228 e. The lowest BCUT2D eigenvalue weighted by Crippen LogP contribution is -2.43. The summed E-state index contributed by atoms with van der Waals surface area (Å²) in [6, 6.07) is 7.73. The van der Waals surface area contributed by atoms with Crippen LogP contribution in [0.2, 0.25) is 0 Å². The average molecular weight is 366 g/mol. The summed E-state index contributed by atoms with van der Waals surface area (Å²) in [5.41, 5.74) is 0.274. The van der Waals surface area contributed by atoms with Gasteiger partial charge >= 0.3 is 0 Å². The molecular weight excluding hydrogens is 346 g/mol. The Labute approximate surface area is 138 Å². The summed E-state index contributed by atoms with van der Waals surface area (Å²) in [6.45, 7) is 7.55. The van der Waals surface area contributed by atoms with Crippen molar-refractivity contribution in [3.8, 4) is 0 Å². The Bertz CT molecular complexity index is 650. The molecule has 0 bridgehead atoms. The Hall–Kier alpha value is -1.69. The molecule has 22 heavy (non-hydrogen) atoms. The van der Waals surface area contributed by atoms with E-state index in [1.54, 1.807) is 0 Å². The standard InChI is InChI=1S/C16H20BrN3O2/c1-5-13-18-15(20-22-13)16(3,4)19-14(21)10(2)11-6-8-12(17)9-7-11/h6-10H,5H2,1-4H3,(H,19,21). The summed E-state index contributed by atoms with van der Waals surface area (Å²) in [5, 5.41) is 6.94. The Morgan fingerprint density at radius 2 is 2.00 bits per heavy atom. The third-order valence-corrected chi connectivity index (χ3v) is 4.06. The van der Waals surface area contributed by atoms with Crippen LogP contribution >= 0.6 is 15.9 Å². The number of nitrogens with one attached hydrogen (secondary N) is 1. The van der Waals surface area contributed by atoms with Crippen molar-refractivity contribution in [2.24, 2.45) is 0 Å². The maximum atomic E-state index is 12.5. The van der Waals surface area contributed by atoms with Crippen LogP contribution in [0.3, 0.4) is 0 Å². The molecule has 1 heterocycles. The zero-order valence-corrected chi connectivity index (χ0v) is 14.8. The SMILES string of the molecule is CCc1nc(C(C)(C)NC(=O)C(C)c2ccc(Br)cc2)no1. The van der Waals surface area contributed by atoms with E-state index in [2.05, 4.69) is 31.4 Å². The molecule has 6 heteroatoms. The first-order valence-electron chi connectivity index (χ1n) is 7.24. The molecule has 1 atom stereocenters. The number of rotatable bonds is 5. The van der Waals surface area contributed by atoms with E-state index in [4.69, 9.17) is 4.52 Å². The van der Waals surface area contributed by atoms with Crippen molar-refractivity contribution >= 4 is 21.8 Å². The first-order valence-corrected chi connectivity index (χ1v) is 8.03. The fourth-order valence-corrected chi connectivity index (χ4v) is 2.29. The molecule has 2 rings (SSSR count). The second-order valence-electron chi connectivity index (χ2n) is 5.75. The van der Waals surface area contributed by atoms with Gasteiger partial charge in [0.05, 0.1) is 11.5 Å². The number of nitrogens with zero attached hydrogens (tertiary/aromatic N) is 2. The Morgan fingerprint density at radius 1 is 1.36 bits per heavy atom. The number of amides is 1. The zero-order valence-electron chi connectivity index (χ0n) is 13.2. The predicted octanol–water partition coefficient (Wildman–Crippen LogP) is 3.55. The molecule has 0 saturated heterocycles. The molecule has 5 nitrogen and oxygen atoms in total. The van der Waals surface area contributed by atoms with E-state index >= 15 is 0 Å². The minimum Gasteiger partial charge on any atom is -0.343 e.